The number of rotatable bonds is 4. The zero-order valence-corrected chi connectivity index (χ0v) is 16.5. The molecule has 0 N–H and O–H groups in total. The fourth-order valence-corrected chi connectivity index (χ4v) is 4.62. The van der Waals surface area contributed by atoms with Crippen LogP contribution in [0.3, 0.4) is 0 Å². The number of nitrogens with zero attached hydrogens (tertiary/aromatic N) is 3. The number of amides is 2. The number of hydrogen-bond acceptors (Lipinski definition) is 6. The molecule has 0 unspecified atom stereocenters. The molecule has 3 aliphatic heterocycles. The summed E-state index contributed by atoms with van der Waals surface area (Å²) in [6, 6.07) is 9.27. The molecule has 2 fully saturated rings. The van der Waals surface area contributed by atoms with Crippen LogP contribution in [0.15, 0.2) is 46.4 Å². The third kappa shape index (κ3) is 3.56. The standard InChI is InChI=1S/C19H19N3O3S2/c1-12-15(17(23)22(20-12)13-6-3-2-4-7-13)10-16-18(24)21(19(26)27-16)11-14-8-5-9-25-14/h2-4,6-7,10,14-15H,5,8-9,11H2,1H3/b16-10+/t14-,15-/m0/s1. The molecule has 0 aromatic heterocycles. The van der Waals surface area contributed by atoms with Gasteiger partial charge in [0.05, 0.1) is 34.9 Å². The van der Waals surface area contributed by atoms with Crippen LogP contribution in [0, 0.1) is 5.92 Å². The van der Waals surface area contributed by atoms with E-state index in [0.717, 1.165) is 19.4 Å². The summed E-state index contributed by atoms with van der Waals surface area (Å²) < 4.78 is 6.13. The van der Waals surface area contributed by atoms with Crippen LogP contribution in [0.2, 0.25) is 0 Å². The molecule has 3 heterocycles. The minimum absolute atomic E-state index is 0.0387. The van der Waals surface area contributed by atoms with Crippen LogP contribution in [0.4, 0.5) is 5.69 Å². The molecule has 0 spiro atoms. The zero-order valence-electron chi connectivity index (χ0n) is 14.8. The van der Waals surface area contributed by atoms with Gasteiger partial charge in [-0.2, -0.15) is 10.1 Å². The smallest absolute Gasteiger partial charge is 0.265 e. The second-order valence-electron chi connectivity index (χ2n) is 6.65. The average molecular weight is 402 g/mol. The van der Waals surface area contributed by atoms with E-state index in [4.69, 9.17) is 17.0 Å². The molecule has 1 aromatic rings. The fraction of sp³-hybridized carbons (Fsp3) is 0.368. The lowest BCUT2D eigenvalue weighted by atomic mass is 10.0. The van der Waals surface area contributed by atoms with E-state index < -0.39 is 5.92 Å². The van der Waals surface area contributed by atoms with E-state index in [9.17, 15) is 9.59 Å². The largest absolute Gasteiger partial charge is 0.376 e. The van der Waals surface area contributed by atoms with Crippen LogP contribution in [-0.4, -0.2) is 46.0 Å². The highest BCUT2D eigenvalue weighted by atomic mass is 32.2. The van der Waals surface area contributed by atoms with E-state index in [1.54, 1.807) is 17.9 Å². The Balaban J connectivity index is 1.51. The Hall–Kier alpha value is -2.03. The number of para-hydroxylation sites is 1. The molecule has 2 amide bonds. The Morgan fingerprint density at radius 1 is 1.33 bits per heavy atom. The predicted octanol–water partition coefficient (Wildman–Crippen LogP) is 2.95. The first-order chi connectivity index (χ1) is 13.0. The molecular weight excluding hydrogens is 382 g/mol. The third-order valence-electron chi connectivity index (χ3n) is 4.79. The number of ether oxygens (including phenoxy) is 1. The number of thiocarbonyl (C=S) groups is 1. The van der Waals surface area contributed by atoms with E-state index >= 15 is 0 Å². The molecule has 1 aromatic carbocycles. The Labute approximate surface area is 167 Å². The van der Waals surface area contributed by atoms with Crippen LogP contribution < -0.4 is 5.01 Å². The molecule has 140 valence electrons. The molecule has 27 heavy (non-hydrogen) atoms. The van der Waals surface area contributed by atoms with Gasteiger partial charge >= 0.3 is 0 Å². The first kappa shape index (κ1) is 18.3. The van der Waals surface area contributed by atoms with Crippen molar-refractivity contribution in [3.05, 3.63) is 41.3 Å². The topological polar surface area (TPSA) is 62.2 Å². The van der Waals surface area contributed by atoms with Gasteiger partial charge in [-0.05, 0) is 38.0 Å². The summed E-state index contributed by atoms with van der Waals surface area (Å²) >= 11 is 6.62. The van der Waals surface area contributed by atoms with E-state index in [1.807, 2.05) is 30.3 Å². The minimum Gasteiger partial charge on any atom is -0.376 e. The van der Waals surface area contributed by atoms with Gasteiger partial charge < -0.3 is 4.74 Å². The van der Waals surface area contributed by atoms with Crippen LogP contribution in [0.5, 0.6) is 0 Å². The summed E-state index contributed by atoms with van der Waals surface area (Å²) in [6.45, 7) is 3.01. The van der Waals surface area contributed by atoms with E-state index in [-0.39, 0.29) is 17.9 Å². The van der Waals surface area contributed by atoms with Crippen LogP contribution in [0.25, 0.3) is 0 Å². The average Bonchev–Trinajstić information content (AvgIpc) is 3.35. The first-order valence-electron chi connectivity index (χ1n) is 8.86. The highest BCUT2D eigenvalue weighted by molar-refractivity contribution is 8.26. The van der Waals surface area contributed by atoms with Gasteiger partial charge in [0.2, 0.25) is 0 Å². The highest BCUT2D eigenvalue weighted by Gasteiger charge is 2.38. The molecule has 2 saturated heterocycles. The normalized spacial score (nSPS) is 27.2. The van der Waals surface area contributed by atoms with Gasteiger partial charge in [0, 0.05) is 6.61 Å². The number of thioether (sulfide) groups is 1. The lowest BCUT2D eigenvalue weighted by Gasteiger charge is -2.18. The van der Waals surface area contributed by atoms with E-state index in [0.29, 0.717) is 27.2 Å². The molecule has 6 nitrogen and oxygen atoms in total. The van der Waals surface area contributed by atoms with Crippen molar-refractivity contribution >= 4 is 51.5 Å². The number of hydrazone groups is 1. The third-order valence-corrected chi connectivity index (χ3v) is 6.18. The van der Waals surface area contributed by atoms with Crippen molar-refractivity contribution in [1.82, 2.24) is 4.90 Å². The molecule has 4 rings (SSSR count). The molecular formula is C19H19N3O3S2. The number of carbonyl (C=O) groups excluding carboxylic acids is 2. The molecule has 2 atom stereocenters. The number of carbonyl (C=O) groups is 2. The molecule has 8 heteroatoms. The van der Waals surface area contributed by atoms with Gasteiger partial charge in [0.25, 0.3) is 11.8 Å². The summed E-state index contributed by atoms with van der Waals surface area (Å²) in [4.78, 5) is 27.7. The van der Waals surface area contributed by atoms with Gasteiger partial charge in [0.1, 0.15) is 4.32 Å². The monoisotopic (exact) mass is 401 g/mol. The zero-order chi connectivity index (χ0) is 19.0. The Kier molecular flexibility index (Phi) is 5.12. The van der Waals surface area contributed by atoms with Crippen LogP contribution in [0.1, 0.15) is 19.8 Å². The van der Waals surface area contributed by atoms with Crippen molar-refractivity contribution in [3.8, 4) is 0 Å². The SMILES string of the molecule is CC1=NN(c2ccccc2)C(=O)[C@H]1/C=C1/SC(=S)N(C[C@@H]2CCCO2)C1=O. The van der Waals surface area contributed by atoms with Crippen molar-refractivity contribution in [2.24, 2.45) is 11.0 Å². The van der Waals surface area contributed by atoms with Gasteiger partial charge in [0.15, 0.2) is 0 Å². The quantitative estimate of drug-likeness (QED) is 0.573. The lowest BCUT2D eigenvalue weighted by Crippen LogP contribution is -2.35. The van der Waals surface area contributed by atoms with Crippen LogP contribution >= 0.6 is 24.0 Å². The second-order valence-corrected chi connectivity index (χ2v) is 8.33. The predicted molar refractivity (Wildman–Crippen MR) is 109 cm³/mol. The molecule has 0 aliphatic carbocycles. The summed E-state index contributed by atoms with van der Waals surface area (Å²) in [5, 5.41) is 5.77. The van der Waals surface area contributed by atoms with E-state index in [2.05, 4.69) is 5.10 Å². The van der Waals surface area contributed by atoms with Gasteiger partial charge in [-0.25, -0.2) is 0 Å². The van der Waals surface area contributed by atoms with E-state index in [1.165, 1.54) is 16.8 Å². The van der Waals surface area contributed by atoms with Crippen molar-refractivity contribution in [1.29, 1.82) is 0 Å². The lowest BCUT2D eigenvalue weighted by molar-refractivity contribution is -0.123. The van der Waals surface area contributed by atoms with Gasteiger partial charge in [-0.3, -0.25) is 14.5 Å². The number of benzene rings is 1. The van der Waals surface area contributed by atoms with Crippen molar-refractivity contribution in [3.63, 3.8) is 0 Å². The Bertz CT molecular complexity index is 847. The fourth-order valence-electron chi connectivity index (χ4n) is 3.34. The molecule has 0 saturated carbocycles. The molecule has 3 aliphatic rings. The summed E-state index contributed by atoms with van der Waals surface area (Å²) in [5.74, 6) is -0.871. The maximum Gasteiger partial charge on any atom is 0.265 e. The van der Waals surface area contributed by atoms with Crippen molar-refractivity contribution < 1.29 is 14.3 Å². The minimum atomic E-state index is -0.554. The van der Waals surface area contributed by atoms with Gasteiger partial charge in [-0.1, -0.05) is 42.2 Å². The van der Waals surface area contributed by atoms with Crippen LogP contribution in [-0.2, 0) is 14.3 Å². The maximum absolute atomic E-state index is 12.8. The summed E-state index contributed by atoms with van der Waals surface area (Å²) in [7, 11) is 0. The number of anilines is 1. The van der Waals surface area contributed by atoms with Crippen molar-refractivity contribution in [2.75, 3.05) is 18.2 Å². The second kappa shape index (κ2) is 7.53. The summed E-state index contributed by atoms with van der Waals surface area (Å²) in [5.41, 5.74) is 1.37. The molecule has 0 radical (unpaired) electrons. The summed E-state index contributed by atoms with van der Waals surface area (Å²) in [6.07, 6.45) is 3.68. The van der Waals surface area contributed by atoms with Gasteiger partial charge in [-0.15, -0.1) is 0 Å². The highest BCUT2D eigenvalue weighted by Crippen LogP contribution is 2.34. The van der Waals surface area contributed by atoms with Crippen molar-refractivity contribution in [2.45, 2.75) is 25.9 Å². The molecule has 0 bridgehead atoms. The Morgan fingerprint density at radius 3 is 2.81 bits per heavy atom. The Morgan fingerprint density at radius 2 is 2.11 bits per heavy atom. The first-order valence-corrected chi connectivity index (χ1v) is 10.1. The maximum atomic E-state index is 12.8. The number of hydrogen-bond donors (Lipinski definition) is 0.